The van der Waals surface area contributed by atoms with E-state index in [-0.39, 0.29) is 5.91 Å². The van der Waals surface area contributed by atoms with E-state index >= 15 is 0 Å². The number of benzene rings is 1. The van der Waals surface area contributed by atoms with Crippen molar-refractivity contribution in [2.75, 3.05) is 26.2 Å². The number of amides is 1. The Balaban J connectivity index is 1.92. The summed E-state index contributed by atoms with van der Waals surface area (Å²) in [4.78, 5) is 14.0. The number of hydrogen-bond acceptors (Lipinski definition) is 3. The fourth-order valence-corrected chi connectivity index (χ4v) is 2.17. The maximum absolute atomic E-state index is 12.1. The maximum Gasteiger partial charge on any atom is 0.263 e. The Morgan fingerprint density at radius 2 is 1.94 bits per heavy atom. The molecule has 98 valence electrons. The quantitative estimate of drug-likeness (QED) is 0.922. The standard InChI is InChI=1S/C13H17BrN2O2/c1-10(13(17)16-8-6-15-7-9-16)18-12-4-2-11(14)3-5-12/h2-5,10,15H,6-9H2,1H3/t10-/m1/s1. The second-order valence-corrected chi connectivity index (χ2v) is 5.20. The van der Waals surface area contributed by atoms with Gasteiger partial charge in [-0.2, -0.15) is 0 Å². The average molecular weight is 313 g/mol. The molecule has 1 aromatic carbocycles. The molecule has 0 saturated carbocycles. The third kappa shape index (κ3) is 3.46. The van der Waals surface area contributed by atoms with Gasteiger partial charge in [0.25, 0.3) is 5.91 Å². The molecule has 0 aliphatic carbocycles. The van der Waals surface area contributed by atoms with Crippen molar-refractivity contribution in [2.24, 2.45) is 0 Å². The largest absolute Gasteiger partial charge is 0.481 e. The molecule has 1 saturated heterocycles. The van der Waals surface area contributed by atoms with Crippen LogP contribution < -0.4 is 10.1 Å². The predicted octanol–water partition coefficient (Wildman–Crippen LogP) is 1.65. The highest BCUT2D eigenvalue weighted by atomic mass is 79.9. The first-order chi connectivity index (χ1) is 8.66. The fraction of sp³-hybridized carbons (Fsp3) is 0.462. The monoisotopic (exact) mass is 312 g/mol. The molecule has 18 heavy (non-hydrogen) atoms. The molecule has 0 radical (unpaired) electrons. The van der Waals surface area contributed by atoms with Gasteiger partial charge in [-0.25, -0.2) is 0 Å². The van der Waals surface area contributed by atoms with Crippen molar-refractivity contribution in [2.45, 2.75) is 13.0 Å². The van der Waals surface area contributed by atoms with E-state index in [1.807, 2.05) is 29.2 Å². The van der Waals surface area contributed by atoms with Crippen molar-refractivity contribution >= 4 is 21.8 Å². The second kappa shape index (κ2) is 6.20. The van der Waals surface area contributed by atoms with E-state index in [0.29, 0.717) is 5.75 Å². The lowest BCUT2D eigenvalue weighted by molar-refractivity contribution is -0.138. The summed E-state index contributed by atoms with van der Waals surface area (Å²) in [5.41, 5.74) is 0. The Hall–Kier alpha value is -1.07. The number of ether oxygens (including phenoxy) is 1. The van der Waals surface area contributed by atoms with Crippen LogP contribution in [0.2, 0.25) is 0 Å². The summed E-state index contributed by atoms with van der Waals surface area (Å²) < 4.78 is 6.65. The van der Waals surface area contributed by atoms with E-state index in [0.717, 1.165) is 30.7 Å². The molecular weight excluding hydrogens is 296 g/mol. The molecule has 0 bridgehead atoms. The van der Waals surface area contributed by atoms with Gasteiger partial charge in [-0.1, -0.05) is 15.9 Å². The summed E-state index contributed by atoms with van der Waals surface area (Å²) in [6.07, 6.45) is -0.440. The third-order valence-electron chi connectivity index (χ3n) is 2.90. The topological polar surface area (TPSA) is 41.6 Å². The molecule has 1 heterocycles. The molecule has 1 fully saturated rings. The van der Waals surface area contributed by atoms with Crippen LogP contribution >= 0.6 is 15.9 Å². The Morgan fingerprint density at radius 1 is 1.33 bits per heavy atom. The molecule has 0 spiro atoms. The first-order valence-corrected chi connectivity index (χ1v) is 6.88. The third-order valence-corrected chi connectivity index (χ3v) is 3.43. The van der Waals surface area contributed by atoms with E-state index in [1.54, 1.807) is 6.92 Å². The highest BCUT2D eigenvalue weighted by Gasteiger charge is 2.23. The molecule has 1 atom stereocenters. The molecule has 4 nitrogen and oxygen atoms in total. The van der Waals surface area contributed by atoms with Crippen molar-refractivity contribution in [3.63, 3.8) is 0 Å². The lowest BCUT2D eigenvalue weighted by atomic mass is 10.3. The molecule has 0 unspecified atom stereocenters. The molecule has 2 rings (SSSR count). The van der Waals surface area contributed by atoms with Crippen LogP contribution in [0.1, 0.15) is 6.92 Å². The summed E-state index contributed by atoms with van der Waals surface area (Å²) in [6, 6.07) is 7.51. The number of carbonyl (C=O) groups is 1. The van der Waals surface area contributed by atoms with Crippen LogP contribution in [0.4, 0.5) is 0 Å². The number of hydrogen-bond donors (Lipinski definition) is 1. The van der Waals surface area contributed by atoms with Gasteiger partial charge in [-0.3, -0.25) is 4.79 Å². The van der Waals surface area contributed by atoms with Gasteiger partial charge >= 0.3 is 0 Å². The van der Waals surface area contributed by atoms with Gasteiger partial charge in [0.15, 0.2) is 6.10 Å². The van der Waals surface area contributed by atoms with Gasteiger partial charge in [0, 0.05) is 30.7 Å². The van der Waals surface area contributed by atoms with Crippen molar-refractivity contribution < 1.29 is 9.53 Å². The lowest BCUT2D eigenvalue weighted by Gasteiger charge is -2.29. The van der Waals surface area contributed by atoms with Gasteiger partial charge in [0.2, 0.25) is 0 Å². The number of nitrogens with zero attached hydrogens (tertiary/aromatic N) is 1. The van der Waals surface area contributed by atoms with Crippen LogP contribution in [0.3, 0.4) is 0 Å². The molecule has 0 aromatic heterocycles. The van der Waals surface area contributed by atoms with Crippen molar-refractivity contribution in [1.82, 2.24) is 10.2 Å². The van der Waals surface area contributed by atoms with Gasteiger partial charge in [-0.15, -0.1) is 0 Å². The highest BCUT2D eigenvalue weighted by Crippen LogP contribution is 2.17. The summed E-state index contributed by atoms with van der Waals surface area (Å²) in [6.45, 7) is 5.03. The number of halogens is 1. The number of piperazine rings is 1. The molecule has 1 N–H and O–H groups in total. The van der Waals surface area contributed by atoms with E-state index < -0.39 is 6.10 Å². The van der Waals surface area contributed by atoms with Crippen LogP contribution in [0.15, 0.2) is 28.7 Å². The number of rotatable bonds is 3. The first kappa shape index (κ1) is 13.4. The molecule has 1 amide bonds. The van der Waals surface area contributed by atoms with E-state index in [1.165, 1.54) is 0 Å². The molecule has 1 aliphatic heterocycles. The van der Waals surface area contributed by atoms with E-state index in [9.17, 15) is 4.79 Å². The van der Waals surface area contributed by atoms with Crippen LogP contribution in [0, 0.1) is 0 Å². The van der Waals surface area contributed by atoms with E-state index in [2.05, 4.69) is 21.2 Å². The summed E-state index contributed by atoms with van der Waals surface area (Å²) >= 11 is 3.37. The zero-order valence-corrected chi connectivity index (χ0v) is 11.9. The fourth-order valence-electron chi connectivity index (χ4n) is 1.91. The second-order valence-electron chi connectivity index (χ2n) is 4.29. The minimum atomic E-state index is -0.440. The Kier molecular flexibility index (Phi) is 4.60. The van der Waals surface area contributed by atoms with Crippen molar-refractivity contribution in [3.05, 3.63) is 28.7 Å². The van der Waals surface area contributed by atoms with Crippen molar-refractivity contribution in [3.8, 4) is 5.75 Å². The molecule has 1 aromatic rings. The van der Waals surface area contributed by atoms with Gasteiger partial charge in [0.1, 0.15) is 5.75 Å². The molecule has 5 heteroatoms. The zero-order valence-electron chi connectivity index (χ0n) is 10.4. The predicted molar refractivity (Wildman–Crippen MR) is 73.7 cm³/mol. The van der Waals surface area contributed by atoms with Crippen LogP contribution in [-0.2, 0) is 4.79 Å². The van der Waals surface area contributed by atoms with Crippen molar-refractivity contribution in [1.29, 1.82) is 0 Å². The summed E-state index contributed by atoms with van der Waals surface area (Å²) in [5, 5.41) is 3.22. The minimum Gasteiger partial charge on any atom is -0.481 e. The SMILES string of the molecule is C[C@@H](Oc1ccc(Br)cc1)C(=O)N1CCNCC1. The highest BCUT2D eigenvalue weighted by molar-refractivity contribution is 9.10. The Morgan fingerprint density at radius 3 is 2.56 bits per heavy atom. The number of nitrogens with one attached hydrogen (secondary N) is 1. The zero-order chi connectivity index (χ0) is 13.0. The van der Waals surface area contributed by atoms with Gasteiger partial charge in [-0.05, 0) is 31.2 Å². The first-order valence-electron chi connectivity index (χ1n) is 6.08. The Bertz CT molecular complexity index is 402. The van der Waals surface area contributed by atoms with Crippen LogP contribution in [-0.4, -0.2) is 43.1 Å². The maximum atomic E-state index is 12.1. The minimum absolute atomic E-state index is 0.0550. The number of carbonyl (C=O) groups excluding carboxylic acids is 1. The molecule has 1 aliphatic rings. The lowest BCUT2D eigenvalue weighted by Crippen LogP contribution is -2.50. The Labute approximate surface area is 115 Å². The van der Waals surface area contributed by atoms with Crippen LogP contribution in [0.5, 0.6) is 5.75 Å². The summed E-state index contributed by atoms with van der Waals surface area (Å²) in [5.74, 6) is 0.772. The van der Waals surface area contributed by atoms with Crippen LogP contribution in [0.25, 0.3) is 0 Å². The molecular formula is C13H17BrN2O2. The smallest absolute Gasteiger partial charge is 0.263 e. The normalized spacial score (nSPS) is 17.3. The van der Waals surface area contributed by atoms with Gasteiger partial charge in [0.05, 0.1) is 0 Å². The summed E-state index contributed by atoms with van der Waals surface area (Å²) in [7, 11) is 0. The average Bonchev–Trinajstić information content (AvgIpc) is 2.41. The van der Waals surface area contributed by atoms with E-state index in [4.69, 9.17) is 4.74 Å². The van der Waals surface area contributed by atoms with Gasteiger partial charge < -0.3 is 15.0 Å².